The van der Waals surface area contributed by atoms with Gasteiger partial charge in [0.1, 0.15) is 35.5 Å². The highest BCUT2D eigenvalue weighted by molar-refractivity contribution is 5.89. The van der Waals surface area contributed by atoms with Crippen molar-refractivity contribution in [3.05, 3.63) is 66.1 Å². The number of ether oxygens (including phenoxy) is 2. The molecule has 0 amide bonds. The van der Waals surface area contributed by atoms with Crippen LogP contribution >= 0.6 is 0 Å². The Kier molecular flexibility index (Phi) is 5.59. The third-order valence-electron chi connectivity index (χ3n) is 4.36. The Bertz CT molecular complexity index is 1280. The smallest absolute Gasteiger partial charge is 0.238 e. The number of benzene rings is 1. The van der Waals surface area contributed by atoms with Crippen LogP contribution in [0.3, 0.4) is 0 Å². The SMILES string of the molecule is C#CCOc1ccc(OC)cc1C=Nc1oc(-c2ccco2)c(-c2ccco2)c1C#N. The molecule has 4 rings (SSSR count). The first-order valence-corrected chi connectivity index (χ1v) is 9.18. The average Bonchev–Trinajstić information content (AvgIpc) is 3.56. The van der Waals surface area contributed by atoms with Crippen LogP contribution in [0.5, 0.6) is 11.5 Å². The standard InChI is InChI=1S/C24H16N2O5/c1-3-10-28-19-9-8-17(27-2)13-16(19)15-26-24-18(14-25)22(20-6-4-11-29-20)23(31-24)21-7-5-12-30-21/h1,4-9,11-13,15H,10H2,2H3. The minimum Gasteiger partial charge on any atom is -0.497 e. The molecular formula is C24H16N2O5. The highest BCUT2D eigenvalue weighted by Gasteiger charge is 2.26. The number of aliphatic imine (C=N–C) groups is 1. The first kappa shape index (κ1) is 19.7. The zero-order valence-electron chi connectivity index (χ0n) is 16.5. The van der Waals surface area contributed by atoms with Gasteiger partial charge in [-0.05, 0) is 42.5 Å². The van der Waals surface area contributed by atoms with Crippen LogP contribution in [0.1, 0.15) is 11.1 Å². The van der Waals surface area contributed by atoms with Gasteiger partial charge < -0.3 is 22.7 Å². The van der Waals surface area contributed by atoms with Crippen molar-refractivity contribution in [1.82, 2.24) is 0 Å². The molecule has 152 valence electrons. The molecule has 31 heavy (non-hydrogen) atoms. The van der Waals surface area contributed by atoms with Crippen LogP contribution in [-0.2, 0) is 0 Å². The second kappa shape index (κ2) is 8.81. The summed E-state index contributed by atoms with van der Waals surface area (Å²) in [5, 5.41) is 9.84. The van der Waals surface area contributed by atoms with Crippen LogP contribution in [0.25, 0.3) is 22.8 Å². The first-order valence-electron chi connectivity index (χ1n) is 9.18. The number of terminal acetylenes is 1. The van der Waals surface area contributed by atoms with E-state index in [1.807, 2.05) is 0 Å². The van der Waals surface area contributed by atoms with E-state index in [0.717, 1.165) is 0 Å². The van der Waals surface area contributed by atoms with Crippen molar-refractivity contribution in [2.24, 2.45) is 4.99 Å². The summed E-state index contributed by atoms with van der Waals surface area (Å²) in [5.74, 6) is 4.92. The van der Waals surface area contributed by atoms with Crippen LogP contribution in [0, 0.1) is 23.7 Å². The van der Waals surface area contributed by atoms with Crippen molar-refractivity contribution in [3.8, 4) is 52.8 Å². The lowest BCUT2D eigenvalue weighted by Gasteiger charge is -2.08. The van der Waals surface area contributed by atoms with E-state index in [-0.39, 0.29) is 18.1 Å². The van der Waals surface area contributed by atoms with Gasteiger partial charge in [0, 0.05) is 11.8 Å². The van der Waals surface area contributed by atoms with Crippen molar-refractivity contribution in [1.29, 1.82) is 5.26 Å². The molecule has 0 saturated carbocycles. The van der Waals surface area contributed by atoms with E-state index in [9.17, 15) is 5.26 Å². The molecule has 0 unspecified atom stereocenters. The Morgan fingerprint density at radius 1 is 1.13 bits per heavy atom. The zero-order chi connectivity index (χ0) is 21.6. The molecule has 3 aromatic heterocycles. The van der Waals surface area contributed by atoms with E-state index < -0.39 is 0 Å². The number of nitriles is 1. The quantitative estimate of drug-likeness (QED) is 0.296. The number of rotatable bonds is 7. The van der Waals surface area contributed by atoms with E-state index in [2.05, 4.69) is 17.0 Å². The Balaban J connectivity index is 1.81. The molecule has 0 atom stereocenters. The molecule has 1 aromatic carbocycles. The van der Waals surface area contributed by atoms with E-state index >= 15 is 0 Å². The lowest BCUT2D eigenvalue weighted by Crippen LogP contribution is -1.98. The Hall–Kier alpha value is -4.62. The largest absolute Gasteiger partial charge is 0.497 e. The normalized spacial score (nSPS) is 10.7. The van der Waals surface area contributed by atoms with Gasteiger partial charge in [0.2, 0.25) is 5.88 Å². The molecule has 4 aromatic rings. The lowest BCUT2D eigenvalue weighted by atomic mass is 10.1. The van der Waals surface area contributed by atoms with Crippen LogP contribution in [0.15, 0.2) is 73.2 Å². The van der Waals surface area contributed by atoms with E-state index in [1.165, 1.54) is 18.7 Å². The van der Waals surface area contributed by atoms with Gasteiger partial charge in [-0.25, -0.2) is 4.99 Å². The summed E-state index contributed by atoms with van der Waals surface area (Å²) in [5.41, 5.74) is 1.28. The summed E-state index contributed by atoms with van der Waals surface area (Å²) >= 11 is 0. The third kappa shape index (κ3) is 3.93. The van der Waals surface area contributed by atoms with Crippen molar-refractivity contribution < 1.29 is 22.7 Å². The molecule has 3 heterocycles. The van der Waals surface area contributed by atoms with Crippen LogP contribution in [0.4, 0.5) is 5.88 Å². The maximum Gasteiger partial charge on any atom is 0.238 e. The van der Waals surface area contributed by atoms with Crippen molar-refractivity contribution in [2.75, 3.05) is 13.7 Å². The van der Waals surface area contributed by atoms with Gasteiger partial charge in [-0.15, -0.1) is 6.42 Å². The predicted molar refractivity (Wildman–Crippen MR) is 113 cm³/mol. The van der Waals surface area contributed by atoms with Crippen molar-refractivity contribution in [2.45, 2.75) is 0 Å². The van der Waals surface area contributed by atoms with Gasteiger partial charge in [-0.2, -0.15) is 5.26 Å². The lowest BCUT2D eigenvalue weighted by molar-refractivity contribution is 0.367. The van der Waals surface area contributed by atoms with E-state index in [0.29, 0.717) is 39.9 Å². The first-order chi connectivity index (χ1) is 15.2. The maximum atomic E-state index is 9.84. The van der Waals surface area contributed by atoms with Crippen LogP contribution in [-0.4, -0.2) is 19.9 Å². The average molecular weight is 412 g/mol. The fourth-order valence-electron chi connectivity index (χ4n) is 2.98. The fourth-order valence-corrected chi connectivity index (χ4v) is 2.98. The maximum absolute atomic E-state index is 9.84. The highest BCUT2D eigenvalue weighted by Crippen LogP contribution is 2.42. The van der Waals surface area contributed by atoms with Gasteiger partial charge in [0.15, 0.2) is 11.5 Å². The highest BCUT2D eigenvalue weighted by atomic mass is 16.5. The summed E-state index contributed by atoms with van der Waals surface area (Å²) < 4.78 is 27.8. The molecule has 7 nitrogen and oxygen atoms in total. The van der Waals surface area contributed by atoms with Crippen LogP contribution < -0.4 is 9.47 Å². The third-order valence-corrected chi connectivity index (χ3v) is 4.36. The fraction of sp³-hybridized carbons (Fsp3) is 0.0833. The summed E-state index contributed by atoms with van der Waals surface area (Å²) in [7, 11) is 1.56. The minimum absolute atomic E-state index is 0.0999. The van der Waals surface area contributed by atoms with E-state index in [1.54, 1.807) is 49.6 Å². The monoisotopic (exact) mass is 412 g/mol. The van der Waals surface area contributed by atoms with Gasteiger partial charge >= 0.3 is 0 Å². The Morgan fingerprint density at radius 2 is 1.90 bits per heavy atom. The predicted octanol–water partition coefficient (Wildman–Crippen LogP) is 5.44. The molecule has 0 spiro atoms. The number of hydrogen-bond donors (Lipinski definition) is 0. The molecule has 0 fully saturated rings. The zero-order valence-corrected chi connectivity index (χ0v) is 16.5. The molecular weight excluding hydrogens is 396 g/mol. The minimum atomic E-state index is 0.0999. The van der Waals surface area contributed by atoms with Crippen molar-refractivity contribution >= 4 is 12.1 Å². The summed E-state index contributed by atoms with van der Waals surface area (Å²) in [6.07, 6.45) is 9.85. The molecule has 0 aliphatic rings. The van der Waals surface area contributed by atoms with E-state index in [4.69, 9.17) is 29.1 Å². The number of methoxy groups -OCH3 is 1. The molecule has 0 aliphatic heterocycles. The number of hydrogen-bond acceptors (Lipinski definition) is 7. The summed E-state index contributed by atoms with van der Waals surface area (Å²) in [6, 6.07) is 14.3. The summed E-state index contributed by atoms with van der Waals surface area (Å²) in [4.78, 5) is 4.41. The topological polar surface area (TPSA) is 94.0 Å². The van der Waals surface area contributed by atoms with Gasteiger partial charge in [0.05, 0.1) is 25.2 Å². The number of furan rings is 3. The molecule has 0 N–H and O–H groups in total. The van der Waals surface area contributed by atoms with Crippen LogP contribution in [0.2, 0.25) is 0 Å². The number of nitrogens with zero attached hydrogens (tertiary/aromatic N) is 2. The molecule has 0 radical (unpaired) electrons. The Morgan fingerprint density at radius 3 is 2.55 bits per heavy atom. The van der Waals surface area contributed by atoms with Gasteiger partial charge in [-0.3, -0.25) is 0 Å². The van der Waals surface area contributed by atoms with Gasteiger partial charge in [0.25, 0.3) is 0 Å². The summed E-state index contributed by atoms with van der Waals surface area (Å²) in [6.45, 7) is 0.0999. The second-order valence-electron chi connectivity index (χ2n) is 6.21. The molecule has 0 bridgehead atoms. The van der Waals surface area contributed by atoms with Crippen molar-refractivity contribution in [3.63, 3.8) is 0 Å². The second-order valence-corrected chi connectivity index (χ2v) is 6.21. The molecule has 0 aliphatic carbocycles. The molecule has 7 heteroatoms. The van der Waals surface area contributed by atoms with Gasteiger partial charge in [-0.1, -0.05) is 5.92 Å². The molecule has 0 saturated heterocycles. The Labute approximate surface area is 178 Å².